The highest BCUT2D eigenvalue weighted by Crippen LogP contribution is 2.25. The summed E-state index contributed by atoms with van der Waals surface area (Å²) in [5.74, 6) is 0. The van der Waals surface area contributed by atoms with E-state index in [-0.39, 0.29) is 6.61 Å². The molecule has 0 saturated carbocycles. The van der Waals surface area contributed by atoms with Gasteiger partial charge in [-0.05, 0) is 49.9 Å². The van der Waals surface area contributed by atoms with Crippen molar-refractivity contribution in [1.82, 2.24) is 14.7 Å². The molecule has 0 bridgehead atoms. The van der Waals surface area contributed by atoms with E-state index in [4.69, 9.17) is 0 Å². The SMILES string of the molecule is CC(C)(C)CN1CCN(Cc2ccc(CN3CCCCC3)s2)CC1CCO. The van der Waals surface area contributed by atoms with Crippen molar-refractivity contribution in [2.24, 2.45) is 5.41 Å². The van der Waals surface area contributed by atoms with E-state index in [2.05, 4.69) is 47.6 Å². The predicted molar refractivity (Wildman–Crippen MR) is 115 cm³/mol. The first-order valence-electron chi connectivity index (χ1n) is 10.8. The molecule has 0 amide bonds. The second-order valence-electron chi connectivity index (χ2n) is 9.64. The third-order valence-corrected chi connectivity index (χ3v) is 6.81. The van der Waals surface area contributed by atoms with Crippen molar-refractivity contribution in [3.63, 3.8) is 0 Å². The number of hydrogen-bond donors (Lipinski definition) is 1. The van der Waals surface area contributed by atoms with Gasteiger partial charge in [-0.15, -0.1) is 11.3 Å². The first kappa shape index (κ1) is 21.3. The van der Waals surface area contributed by atoms with Crippen LogP contribution >= 0.6 is 11.3 Å². The second-order valence-corrected chi connectivity index (χ2v) is 10.9. The van der Waals surface area contributed by atoms with Crippen LogP contribution in [0.15, 0.2) is 12.1 Å². The van der Waals surface area contributed by atoms with Crippen LogP contribution in [-0.2, 0) is 13.1 Å². The fourth-order valence-corrected chi connectivity index (χ4v) is 5.59. The van der Waals surface area contributed by atoms with E-state index in [0.717, 1.165) is 45.7 Å². The van der Waals surface area contributed by atoms with E-state index in [0.29, 0.717) is 11.5 Å². The Bertz CT molecular complexity index is 562. The number of thiophene rings is 1. The summed E-state index contributed by atoms with van der Waals surface area (Å²) in [6, 6.07) is 5.16. The summed E-state index contributed by atoms with van der Waals surface area (Å²) in [6.45, 7) is 16.4. The van der Waals surface area contributed by atoms with E-state index in [1.807, 2.05) is 11.3 Å². The topological polar surface area (TPSA) is 30.0 Å². The lowest BCUT2D eigenvalue weighted by molar-refractivity contribution is 0.0344. The van der Waals surface area contributed by atoms with Crippen LogP contribution in [0.4, 0.5) is 0 Å². The maximum absolute atomic E-state index is 9.52. The Morgan fingerprint density at radius 2 is 1.63 bits per heavy atom. The predicted octanol–water partition coefficient (Wildman–Crippen LogP) is 3.65. The minimum absolute atomic E-state index is 0.290. The van der Waals surface area contributed by atoms with Gasteiger partial charge < -0.3 is 5.11 Å². The minimum atomic E-state index is 0.290. The molecule has 1 unspecified atom stereocenters. The number of piperidine rings is 1. The molecule has 3 heterocycles. The Kier molecular flexibility index (Phi) is 7.74. The molecular formula is C22H39N3OS. The molecule has 4 nitrogen and oxygen atoms in total. The van der Waals surface area contributed by atoms with Crippen LogP contribution in [0.5, 0.6) is 0 Å². The van der Waals surface area contributed by atoms with E-state index >= 15 is 0 Å². The van der Waals surface area contributed by atoms with E-state index in [1.54, 1.807) is 0 Å². The minimum Gasteiger partial charge on any atom is -0.396 e. The summed E-state index contributed by atoms with van der Waals surface area (Å²) in [4.78, 5) is 10.8. The van der Waals surface area contributed by atoms with Crippen LogP contribution in [0.3, 0.4) is 0 Å². The van der Waals surface area contributed by atoms with E-state index in [9.17, 15) is 5.11 Å². The third-order valence-electron chi connectivity index (χ3n) is 5.75. The van der Waals surface area contributed by atoms with E-state index in [1.165, 1.54) is 42.1 Å². The zero-order valence-electron chi connectivity index (χ0n) is 17.6. The Hall–Kier alpha value is -0.460. The number of hydrogen-bond acceptors (Lipinski definition) is 5. The lowest BCUT2D eigenvalue weighted by atomic mass is 9.94. The number of rotatable bonds is 7. The standard InChI is InChI=1S/C22H39N3OS/c1-22(2,3)18-25-13-12-24(15-19(25)9-14-26)17-21-8-7-20(27-21)16-23-10-5-4-6-11-23/h7-8,19,26H,4-6,9-18H2,1-3H3. The van der Waals surface area contributed by atoms with Gasteiger partial charge in [0.05, 0.1) is 0 Å². The number of likely N-dealkylation sites (tertiary alicyclic amines) is 1. The van der Waals surface area contributed by atoms with Gasteiger partial charge in [0.25, 0.3) is 0 Å². The summed E-state index contributed by atoms with van der Waals surface area (Å²) < 4.78 is 0. The van der Waals surface area contributed by atoms with Gasteiger partial charge in [-0.1, -0.05) is 27.2 Å². The first-order valence-corrected chi connectivity index (χ1v) is 11.6. The quantitative estimate of drug-likeness (QED) is 0.766. The van der Waals surface area contributed by atoms with Crippen molar-refractivity contribution >= 4 is 11.3 Å². The largest absolute Gasteiger partial charge is 0.396 e. The van der Waals surface area contributed by atoms with Crippen LogP contribution in [-0.4, -0.2) is 71.7 Å². The molecule has 2 aliphatic rings. The molecule has 0 radical (unpaired) electrons. The van der Waals surface area contributed by atoms with Crippen molar-refractivity contribution in [2.45, 2.75) is 65.6 Å². The molecule has 3 rings (SSSR count). The average molecular weight is 394 g/mol. The highest BCUT2D eigenvalue weighted by atomic mass is 32.1. The molecule has 27 heavy (non-hydrogen) atoms. The molecule has 0 aromatic carbocycles. The summed E-state index contributed by atoms with van der Waals surface area (Å²) in [5, 5.41) is 9.52. The normalized spacial score (nSPS) is 23.8. The summed E-state index contributed by atoms with van der Waals surface area (Å²) in [7, 11) is 0. The van der Waals surface area contributed by atoms with Crippen molar-refractivity contribution < 1.29 is 5.11 Å². The third kappa shape index (κ3) is 6.82. The maximum Gasteiger partial charge on any atom is 0.0446 e. The smallest absolute Gasteiger partial charge is 0.0446 e. The zero-order chi connectivity index (χ0) is 19.3. The van der Waals surface area contributed by atoms with Crippen LogP contribution in [0.2, 0.25) is 0 Å². The van der Waals surface area contributed by atoms with Gasteiger partial charge in [-0.25, -0.2) is 0 Å². The van der Waals surface area contributed by atoms with Gasteiger partial charge in [0.2, 0.25) is 0 Å². The average Bonchev–Trinajstić information content (AvgIpc) is 3.04. The fraction of sp³-hybridized carbons (Fsp3) is 0.818. The van der Waals surface area contributed by atoms with Crippen molar-refractivity contribution in [3.05, 3.63) is 21.9 Å². The number of aliphatic hydroxyl groups is 1. The molecule has 2 aliphatic heterocycles. The number of nitrogens with zero attached hydrogens (tertiary/aromatic N) is 3. The van der Waals surface area contributed by atoms with Crippen LogP contribution < -0.4 is 0 Å². The summed E-state index contributed by atoms with van der Waals surface area (Å²) in [5.41, 5.74) is 0.312. The maximum atomic E-state index is 9.52. The van der Waals surface area contributed by atoms with Crippen molar-refractivity contribution in [2.75, 3.05) is 45.9 Å². The molecule has 2 fully saturated rings. The first-order chi connectivity index (χ1) is 12.9. The van der Waals surface area contributed by atoms with Gasteiger partial charge >= 0.3 is 0 Å². The monoisotopic (exact) mass is 393 g/mol. The van der Waals surface area contributed by atoms with Crippen molar-refractivity contribution in [3.8, 4) is 0 Å². The molecule has 154 valence electrons. The lowest BCUT2D eigenvalue weighted by Gasteiger charge is -2.43. The Balaban J connectivity index is 1.52. The molecule has 0 aliphatic carbocycles. The highest BCUT2D eigenvalue weighted by Gasteiger charge is 2.29. The van der Waals surface area contributed by atoms with Gasteiger partial charge in [-0.3, -0.25) is 14.7 Å². The molecule has 0 spiro atoms. The van der Waals surface area contributed by atoms with Gasteiger partial charge in [0, 0.05) is 61.7 Å². The second kappa shape index (κ2) is 9.84. The molecule has 1 aromatic heterocycles. The van der Waals surface area contributed by atoms with Crippen molar-refractivity contribution in [1.29, 1.82) is 0 Å². The lowest BCUT2D eigenvalue weighted by Crippen LogP contribution is -2.54. The number of piperazine rings is 1. The Morgan fingerprint density at radius 3 is 2.26 bits per heavy atom. The van der Waals surface area contributed by atoms with Crippen LogP contribution in [0.25, 0.3) is 0 Å². The molecule has 1 N–H and O–H groups in total. The van der Waals surface area contributed by atoms with Crippen LogP contribution in [0.1, 0.15) is 56.2 Å². The van der Waals surface area contributed by atoms with Gasteiger partial charge in [-0.2, -0.15) is 0 Å². The molecule has 1 atom stereocenters. The molecule has 1 aromatic rings. The van der Waals surface area contributed by atoms with E-state index < -0.39 is 0 Å². The van der Waals surface area contributed by atoms with Crippen LogP contribution in [0, 0.1) is 5.41 Å². The zero-order valence-corrected chi connectivity index (χ0v) is 18.4. The Morgan fingerprint density at radius 1 is 0.963 bits per heavy atom. The molecule has 2 saturated heterocycles. The molecular weight excluding hydrogens is 354 g/mol. The molecule has 5 heteroatoms. The fourth-order valence-electron chi connectivity index (χ4n) is 4.49. The van der Waals surface area contributed by atoms with Gasteiger partial charge in [0.1, 0.15) is 0 Å². The summed E-state index contributed by atoms with van der Waals surface area (Å²) >= 11 is 2.00. The van der Waals surface area contributed by atoms with Gasteiger partial charge in [0.15, 0.2) is 0 Å². The summed E-state index contributed by atoms with van der Waals surface area (Å²) in [6.07, 6.45) is 5.02. The Labute approximate surface area is 170 Å². The highest BCUT2D eigenvalue weighted by molar-refractivity contribution is 7.11. The number of aliphatic hydroxyl groups excluding tert-OH is 1.